The van der Waals surface area contributed by atoms with Gasteiger partial charge in [-0.05, 0) is 26.0 Å². The van der Waals surface area contributed by atoms with E-state index in [4.69, 9.17) is 9.84 Å². The van der Waals surface area contributed by atoms with E-state index in [0.29, 0.717) is 24.0 Å². The Morgan fingerprint density at radius 3 is 2.76 bits per heavy atom. The van der Waals surface area contributed by atoms with Crippen LogP contribution in [-0.2, 0) is 10.2 Å². The highest BCUT2D eigenvalue weighted by molar-refractivity contribution is 7.13. The van der Waals surface area contributed by atoms with E-state index in [9.17, 15) is 4.79 Å². The fourth-order valence-corrected chi connectivity index (χ4v) is 2.50. The minimum absolute atomic E-state index is 0.515. The van der Waals surface area contributed by atoms with Crippen LogP contribution >= 0.6 is 11.3 Å². The Morgan fingerprint density at radius 2 is 2.10 bits per heavy atom. The third kappa shape index (κ3) is 3.95. The highest BCUT2D eigenvalue weighted by atomic mass is 32.1. The van der Waals surface area contributed by atoms with Gasteiger partial charge < -0.3 is 15.2 Å². The molecule has 1 aromatic heterocycles. The number of benzene rings is 1. The topological polar surface area (TPSA) is 71.5 Å². The number of hydrogen-bond acceptors (Lipinski definition) is 5. The van der Waals surface area contributed by atoms with Crippen molar-refractivity contribution in [1.29, 1.82) is 0 Å². The van der Waals surface area contributed by atoms with Crippen LogP contribution in [0.5, 0.6) is 5.75 Å². The molecule has 2 aromatic rings. The molecule has 1 heterocycles. The van der Waals surface area contributed by atoms with E-state index in [0.717, 1.165) is 5.75 Å². The van der Waals surface area contributed by atoms with Crippen LogP contribution in [0.15, 0.2) is 35.7 Å². The number of nitrogens with one attached hydrogen (secondary N) is 1. The van der Waals surface area contributed by atoms with Gasteiger partial charge in [0.2, 0.25) is 0 Å². The summed E-state index contributed by atoms with van der Waals surface area (Å²) in [6, 6.07) is 9.58. The number of carboxylic acid groups (broad SMARTS) is 1. The highest BCUT2D eigenvalue weighted by Gasteiger charge is 2.32. The SMILES string of the molecule is CC(C)(C(=O)O)c1csc(NCCOc2ccccc2)n1. The molecule has 0 atom stereocenters. The van der Waals surface area contributed by atoms with Crippen LogP contribution in [0.25, 0.3) is 0 Å². The van der Waals surface area contributed by atoms with Gasteiger partial charge in [0, 0.05) is 5.38 Å². The maximum absolute atomic E-state index is 11.2. The minimum Gasteiger partial charge on any atom is -0.492 e. The van der Waals surface area contributed by atoms with Crippen molar-refractivity contribution < 1.29 is 14.6 Å². The molecule has 2 rings (SSSR count). The summed E-state index contributed by atoms with van der Waals surface area (Å²) in [4.78, 5) is 15.5. The third-order valence-corrected chi connectivity index (χ3v) is 3.87. The summed E-state index contributed by atoms with van der Waals surface area (Å²) in [7, 11) is 0. The quantitative estimate of drug-likeness (QED) is 0.769. The molecule has 0 aliphatic carbocycles. The molecule has 5 nitrogen and oxygen atoms in total. The predicted molar refractivity (Wildman–Crippen MR) is 83.2 cm³/mol. The van der Waals surface area contributed by atoms with Crippen LogP contribution in [0.2, 0.25) is 0 Å². The van der Waals surface area contributed by atoms with Gasteiger partial charge in [-0.3, -0.25) is 4.79 Å². The van der Waals surface area contributed by atoms with Gasteiger partial charge in [-0.1, -0.05) is 18.2 Å². The number of carbonyl (C=O) groups is 1. The first kappa shape index (κ1) is 15.3. The van der Waals surface area contributed by atoms with E-state index in [1.165, 1.54) is 11.3 Å². The van der Waals surface area contributed by atoms with Crippen molar-refractivity contribution in [1.82, 2.24) is 4.98 Å². The average Bonchev–Trinajstić information content (AvgIpc) is 2.94. The zero-order valence-electron chi connectivity index (χ0n) is 12.0. The molecule has 0 amide bonds. The second-order valence-electron chi connectivity index (χ2n) is 5.06. The number of aliphatic carboxylic acids is 1. The smallest absolute Gasteiger partial charge is 0.315 e. The van der Waals surface area contributed by atoms with Crippen molar-refractivity contribution in [2.45, 2.75) is 19.3 Å². The number of rotatable bonds is 7. The van der Waals surface area contributed by atoms with E-state index >= 15 is 0 Å². The maximum atomic E-state index is 11.2. The van der Waals surface area contributed by atoms with Gasteiger partial charge in [0.1, 0.15) is 17.8 Å². The van der Waals surface area contributed by atoms with Crippen molar-refractivity contribution in [3.05, 3.63) is 41.4 Å². The predicted octanol–water partition coefficient (Wildman–Crippen LogP) is 3.00. The zero-order chi connectivity index (χ0) is 15.3. The van der Waals surface area contributed by atoms with Crippen LogP contribution in [0.4, 0.5) is 5.13 Å². The van der Waals surface area contributed by atoms with Crippen molar-refractivity contribution in [3.8, 4) is 5.75 Å². The molecule has 0 bridgehead atoms. The second kappa shape index (κ2) is 6.58. The monoisotopic (exact) mass is 306 g/mol. The molecule has 112 valence electrons. The lowest BCUT2D eigenvalue weighted by Gasteiger charge is -2.15. The summed E-state index contributed by atoms with van der Waals surface area (Å²) in [5.74, 6) is -0.0575. The summed E-state index contributed by atoms with van der Waals surface area (Å²) >= 11 is 1.40. The van der Waals surface area contributed by atoms with Crippen molar-refractivity contribution >= 4 is 22.4 Å². The van der Waals surface area contributed by atoms with Crippen LogP contribution in [0, 0.1) is 0 Å². The van der Waals surface area contributed by atoms with E-state index in [2.05, 4.69) is 10.3 Å². The minimum atomic E-state index is -0.975. The van der Waals surface area contributed by atoms with E-state index in [1.807, 2.05) is 30.3 Å². The van der Waals surface area contributed by atoms with Crippen molar-refractivity contribution in [2.24, 2.45) is 0 Å². The average molecular weight is 306 g/mol. The van der Waals surface area contributed by atoms with E-state index < -0.39 is 11.4 Å². The number of anilines is 1. The van der Waals surface area contributed by atoms with Crippen molar-refractivity contribution in [2.75, 3.05) is 18.5 Å². The van der Waals surface area contributed by atoms with Crippen LogP contribution in [0.1, 0.15) is 19.5 Å². The number of nitrogens with zero attached hydrogens (tertiary/aromatic N) is 1. The Hall–Kier alpha value is -2.08. The molecule has 0 spiro atoms. The Bertz CT molecular complexity index is 596. The first-order valence-electron chi connectivity index (χ1n) is 6.61. The molecule has 6 heteroatoms. The Morgan fingerprint density at radius 1 is 1.38 bits per heavy atom. The molecule has 0 radical (unpaired) electrons. The summed E-state index contributed by atoms with van der Waals surface area (Å²) < 4.78 is 5.56. The molecule has 0 fully saturated rings. The number of para-hydroxylation sites is 1. The molecule has 0 unspecified atom stereocenters. The standard InChI is InChI=1S/C15H18N2O3S/c1-15(2,13(18)19)12-10-21-14(17-12)16-8-9-20-11-6-4-3-5-7-11/h3-7,10H,8-9H2,1-2H3,(H,16,17)(H,18,19). The second-order valence-corrected chi connectivity index (χ2v) is 5.91. The fourth-order valence-electron chi connectivity index (χ4n) is 1.60. The number of ether oxygens (including phenoxy) is 1. The van der Waals surface area contributed by atoms with Crippen molar-refractivity contribution in [3.63, 3.8) is 0 Å². The number of thiazole rings is 1. The molecule has 2 N–H and O–H groups in total. The molecular formula is C15H18N2O3S. The normalized spacial score (nSPS) is 11.1. The molecule has 0 saturated carbocycles. The summed E-state index contributed by atoms with van der Waals surface area (Å²) in [6.45, 7) is 4.41. The maximum Gasteiger partial charge on any atom is 0.315 e. The van der Waals surface area contributed by atoms with E-state index in [-0.39, 0.29) is 0 Å². The third-order valence-electron chi connectivity index (χ3n) is 3.07. The van der Waals surface area contributed by atoms with Gasteiger partial charge in [0.05, 0.1) is 12.2 Å². The largest absolute Gasteiger partial charge is 0.492 e. The van der Waals surface area contributed by atoms with Crippen LogP contribution < -0.4 is 10.1 Å². The van der Waals surface area contributed by atoms with Gasteiger partial charge in [0.25, 0.3) is 0 Å². The summed E-state index contributed by atoms with van der Waals surface area (Å²) in [6.07, 6.45) is 0. The van der Waals surface area contributed by atoms with Crippen LogP contribution in [0.3, 0.4) is 0 Å². The van der Waals surface area contributed by atoms with Gasteiger partial charge in [-0.25, -0.2) is 4.98 Å². The molecule has 21 heavy (non-hydrogen) atoms. The van der Waals surface area contributed by atoms with Gasteiger partial charge in [-0.2, -0.15) is 0 Å². The molecule has 0 aliphatic rings. The molecule has 1 aromatic carbocycles. The first-order valence-corrected chi connectivity index (χ1v) is 7.49. The Kier molecular flexibility index (Phi) is 4.80. The number of hydrogen-bond donors (Lipinski definition) is 2. The van der Waals surface area contributed by atoms with E-state index in [1.54, 1.807) is 19.2 Å². The molecular weight excluding hydrogens is 288 g/mol. The molecule has 0 saturated heterocycles. The van der Waals surface area contributed by atoms with Crippen LogP contribution in [-0.4, -0.2) is 29.2 Å². The van der Waals surface area contributed by atoms with Gasteiger partial charge in [-0.15, -0.1) is 11.3 Å². The Labute approximate surface area is 127 Å². The van der Waals surface area contributed by atoms with Gasteiger partial charge in [0.15, 0.2) is 5.13 Å². The number of carboxylic acids is 1. The zero-order valence-corrected chi connectivity index (χ0v) is 12.8. The van der Waals surface area contributed by atoms with Gasteiger partial charge >= 0.3 is 5.97 Å². The lowest BCUT2D eigenvalue weighted by Crippen LogP contribution is -2.28. The Balaban J connectivity index is 1.82. The lowest BCUT2D eigenvalue weighted by atomic mass is 9.90. The first-order chi connectivity index (χ1) is 10.00. The summed E-state index contributed by atoms with van der Waals surface area (Å²) in [5.41, 5.74) is -0.414. The summed E-state index contributed by atoms with van der Waals surface area (Å²) in [5, 5.41) is 14.8. The lowest BCUT2D eigenvalue weighted by molar-refractivity contribution is -0.142. The highest BCUT2D eigenvalue weighted by Crippen LogP contribution is 2.27. The molecule has 0 aliphatic heterocycles. The fraction of sp³-hybridized carbons (Fsp3) is 0.333. The number of aromatic nitrogens is 1.